The summed E-state index contributed by atoms with van der Waals surface area (Å²) in [5, 5.41) is 3.08. The fourth-order valence-corrected chi connectivity index (χ4v) is 4.40. The minimum Gasteiger partial charge on any atom is -0.493 e. The van der Waals surface area contributed by atoms with Crippen LogP contribution in [0.5, 0.6) is 17.2 Å². The van der Waals surface area contributed by atoms with Crippen molar-refractivity contribution >= 4 is 23.0 Å². The number of alkyl halides is 3. The molecule has 0 spiro atoms. The van der Waals surface area contributed by atoms with Crippen molar-refractivity contribution in [1.29, 1.82) is 0 Å². The topological polar surface area (TPSA) is 43.0 Å². The molecular formula is C23H27F3N2O3S. The van der Waals surface area contributed by atoms with E-state index in [1.165, 1.54) is 26.4 Å². The molecule has 2 aromatic carbocycles. The zero-order valence-electron chi connectivity index (χ0n) is 18.3. The molecule has 0 atom stereocenters. The maximum Gasteiger partial charge on any atom is 0.418 e. The van der Waals surface area contributed by atoms with E-state index in [0.29, 0.717) is 23.8 Å². The second-order valence-electron chi connectivity index (χ2n) is 7.53. The first kappa shape index (κ1) is 24.0. The molecule has 0 radical (unpaired) electrons. The van der Waals surface area contributed by atoms with Gasteiger partial charge in [-0.2, -0.15) is 13.2 Å². The third kappa shape index (κ3) is 5.20. The third-order valence-corrected chi connectivity index (χ3v) is 5.96. The average Bonchev–Trinajstić information content (AvgIpc) is 3.30. The van der Waals surface area contributed by atoms with Crippen molar-refractivity contribution in [3.05, 3.63) is 47.5 Å². The van der Waals surface area contributed by atoms with E-state index in [0.717, 1.165) is 37.3 Å². The Hall–Kier alpha value is -2.68. The van der Waals surface area contributed by atoms with Crippen LogP contribution in [0, 0.1) is 0 Å². The molecule has 3 rings (SSSR count). The first-order valence-electron chi connectivity index (χ1n) is 10.3. The Morgan fingerprint density at radius 2 is 1.66 bits per heavy atom. The lowest BCUT2D eigenvalue weighted by Crippen LogP contribution is -2.41. The molecule has 0 aliphatic heterocycles. The molecule has 1 N–H and O–H groups in total. The fourth-order valence-electron chi connectivity index (χ4n) is 4.08. The molecule has 0 heterocycles. The van der Waals surface area contributed by atoms with Gasteiger partial charge in [0, 0.05) is 18.2 Å². The summed E-state index contributed by atoms with van der Waals surface area (Å²) >= 11 is 5.62. The summed E-state index contributed by atoms with van der Waals surface area (Å²) in [4.78, 5) is 1.94. The summed E-state index contributed by atoms with van der Waals surface area (Å²) < 4.78 is 56.8. The standard InChI is InChI=1S/C23H27F3N2O3S/c1-29-19-13-12-15(20(30-2)21(19)31-3)14-28(16-8-4-5-9-16)22(32)27-18-11-7-6-10-17(18)23(24,25)26/h6-7,10-13,16H,4-5,8-9,14H2,1-3H3,(H,27,32). The van der Waals surface area contributed by atoms with E-state index in [1.807, 2.05) is 11.0 Å². The third-order valence-electron chi connectivity index (χ3n) is 5.63. The number of thiocarbonyl (C=S) groups is 1. The van der Waals surface area contributed by atoms with Crippen molar-refractivity contribution in [2.75, 3.05) is 26.6 Å². The Balaban J connectivity index is 1.93. The van der Waals surface area contributed by atoms with E-state index in [9.17, 15) is 13.2 Å². The quantitative estimate of drug-likeness (QED) is 0.513. The molecule has 5 nitrogen and oxygen atoms in total. The smallest absolute Gasteiger partial charge is 0.418 e. The second-order valence-corrected chi connectivity index (χ2v) is 7.92. The van der Waals surface area contributed by atoms with Crippen molar-refractivity contribution in [2.45, 2.75) is 44.4 Å². The van der Waals surface area contributed by atoms with Gasteiger partial charge in [-0.05, 0) is 49.3 Å². The molecule has 174 valence electrons. The number of rotatable bonds is 7. The zero-order valence-corrected chi connectivity index (χ0v) is 19.1. The molecule has 1 aliphatic rings. The highest BCUT2D eigenvalue weighted by molar-refractivity contribution is 7.80. The van der Waals surface area contributed by atoms with E-state index in [2.05, 4.69) is 5.32 Å². The first-order valence-corrected chi connectivity index (χ1v) is 10.7. The van der Waals surface area contributed by atoms with E-state index in [-0.39, 0.29) is 16.8 Å². The van der Waals surface area contributed by atoms with Crippen molar-refractivity contribution in [3.8, 4) is 17.2 Å². The summed E-state index contributed by atoms with van der Waals surface area (Å²) in [6.07, 6.45) is -0.557. The van der Waals surface area contributed by atoms with Crippen LogP contribution in [0.1, 0.15) is 36.8 Å². The van der Waals surface area contributed by atoms with Gasteiger partial charge in [-0.3, -0.25) is 0 Å². The number of nitrogens with one attached hydrogen (secondary N) is 1. The number of para-hydroxylation sites is 1. The maximum atomic E-state index is 13.5. The predicted molar refractivity (Wildman–Crippen MR) is 122 cm³/mol. The van der Waals surface area contributed by atoms with Crippen LogP contribution in [0.3, 0.4) is 0 Å². The summed E-state index contributed by atoms with van der Waals surface area (Å²) in [7, 11) is 4.61. The normalized spacial score (nSPS) is 14.2. The van der Waals surface area contributed by atoms with Crippen LogP contribution in [0.15, 0.2) is 36.4 Å². The van der Waals surface area contributed by atoms with Crippen LogP contribution >= 0.6 is 12.2 Å². The average molecular weight is 469 g/mol. The largest absolute Gasteiger partial charge is 0.493 e. The molecule has 1 fully saturated rings. The van der Waals surface area contributed by atoms with E-state index in [1.54, 1.807) is 19.2 Å². The maximum absolute atomic E-state index is 13.5. The van der Waals surface area contributed by atoms with Crippen molar-refractivity contribution < 1.29 is 27.4 Å². The van der Waals surface area contributed by atoms with Crippen molar-refractivity contribution in [2.24, 2.45) is 0 Å². The minimum absolute atomic E-state index is 0.0627. The lowest BCUT2D eigenvalue weighted by molar-refractivity contribution is -0.136. The van der Waals surface area contributed by atoms with Crippen LogP contribution in [0.2, 0.25) is 0 Å². The monoisotopic (exact) mass is 468 g/mol. The first-order chi connectivity index (χ1) is 15.3. The van der Waals surface area contributed by atoms with Gasteiger partial charge < -0.3 is 24.4 Å². The molecule has 0 aromatic heterocycles. The Bertz CT molecular complexity index is 947. The molecular weight excluding hydrogens is 441 g/mol. The molecule has 32 heavy (non-hydrogen) atoms. The Morgan fingerprint density at radius 3 is 2.25 bits per heavy atom. The number of methoxy groups -OCH3 is 3. The highest BCUT2D eigenvalue weighted by Crippen LogP contribution is 2.41. The predicted octanol–water partition coefficient (Wildman–Crippen LogP) is 5.87. The molecule has 0 amide bonds. The summed E-state index contributed by atoms with van der Waals surface area (Å²) in [5.41, 5.74) is -0.0185. The van der Waals surface area contributed by atoms with Crippen LogP contribution in [-0.4, -0.2) is 37.4 Å². The van der Waals surface area contributed by atoms with Crippen LogP contribution < -0.4 is 19.5 Å². The lowest BCUT2D eigenvalue weighted by atomic mass is 10.1. The van der Waals surface area contributed by atoms with Gasteiger partial charge in [0.2, 0.25) is 5.75 Å². The number of ether oxygens (including phenoxy) is 3. The lowest BCUT2D eigenvalue weighted by Gasteiger charge is -2.33. The Morgan fingerprint density at radius 1 is 1.00 bits per heavy atom. The van der Waals surface area contributed by atoms with Gasteiger partial charge in [0.1, 0.15) is 0 Å². The summed E-state index contributed by atoms with van der Waals surface area (Å²) in [5.74, 6) is 1.49. The van der Waals surface area contributed by atoms with Crippen molar-refractivity contribution in [1.82, 2.24) is 4.90 Å². The molecule has 0 saturated heterocycles. The van der Waals surface area contributed by atoms with Crippen LogP contribution in [0.4, 0.5) is 18.9 Å². The molecule has 9 heteroatoms. The molecule has 1 aliphatic carbocycles. The van der Waals surface area contributed by atoms with Gasteiger partial charge in [0.05, 0.1) is 32.6 Å². The van der Waals surface area contributed by atoms with Gasteiger partial charge in [-0.1, -0.05) is 25.0 Å². The van der Waals surface area contributed by atoms with Crippen LogP contribution in [0.25, 0.3) is 0 Å². The van der Waals surface area contributed by atoms with E-state index in [4.69, 9.17) is 26.4 Å². The molecule has 2 aromatic rings. The number of hydrogen-bond donors (Lipinski definition) is 1. The van der Waals surface area contributed by atoms with Gasteiger partial charge in [-0.15, -0.1) is 0 Å². The van der Waals surface area contributed by atoms with Crippen LogP contribution in [-0.2, 0) is 12.7 Å². The van der Waals surface area contributed by atoms with Gasteiger partial charge in [0.25, 0.3) is 0 Å². The summed E-state index contributed by atoms with van der Waals surface area (Å²) in [6.45, 7) is 0.355. The summed E-state index contributed by atoms with van der Waals surface area (Å²) in [6, 6.07) is 9.09. The van der Waals surface area contributed by atoms with Gasteiger partial charge >= 0.3 is 6.18 Å². The molecule has 0 unspecified atom stereocenters. The zero-order chi connectivity index (χ0) is 23.3. The number of hydrogen-bond acceptors (Lipinski definition) is 4. The number of benzene rings is 2. The molecule has 1 saturated carbocycles. The highest BCUT2D eigenvalue weighted by Gasteiger charge is 2.34. The number of nitrogens with zero attached hydrogens (tertiary/aromatic N) is 1. The van der Waals surface area contributed by atoms with E-state index < -0.39 is 11.7 Å². The minimum atomic E-state index is -4.48. The highest BCUT2D eigenvalue weighted by atomic mass is 32.1. The number of anilines is 1. The Kier molecular flexibility index (Phi) is 7.71. The van der Waals surface area contributed by atoms with Crippen molar-refractivity contribution in [3.63, 3.8) is 0 Å². The number of halogens is 3. The second kappa shape index (κ2) is 10.3. The Labute approximate surface area is 191 Å². The molecule has 0 bridgehead atoms. The van der Waals surface area contributed by atoms with Gasteiger partial charge in [-0.25, -0.2) is 0 Å². The van der Waals surface area contributed by atoms with Gasteiger partial charge in [0.15, 0.2) is 16.6 Å². The fraction of sp³-hybridized carbons (Fsp3) is 0.435. The van der Waals surface area contributed by atoms with E-state index >= 15 is 0 Å². The SMILES string of the molecule is COc1ccc(CN(C(=S)Nc2ccccc2C(F)(F)F)C2CCCC2)c(OC)c1OC.